The van der Waals surface area contributed by atoms with Crippen molar-refractivity contribution in [1.82, 2.24) is 19.7 Å². The molecule has 156 valence electrons. The quantitative estimate of drug-likeness (QED) is 0.613. The Morgan fingerprint density at radius 2 is 1.97 bits per heavy atom. The Balaban J connectivity index is 1.98. The fourth-order valence-corrected chi connectivity index (χ4v) is 3.23. The molecule has 0 amide bonds. The molecule has 0 atom stereocenters. The van der Waals surface area contributed by atoms with Crippen LogP contribution >= 0.6 is 0 Å². The standard InChI is InChI=1S/C22H27N7O/c1-5-29(15(2)3)20-11-21(28(4)27-20)30-19-10-16(12-24)6-7-18(19)22-25-13-17(8-9-23)14-26-22/h6-7,10-11,13-15H,5,8-9,23H2,1-4H3. The van der Waals surface area contributed by atoms with Gasteiger partial charge in [-0.3, -0.25) is 0 Å². The zero-order valence-corrected chi connectivity index (χ0v) is 17.8. The van der Waals surface area contributed by atoms with Crippen molar-refractivity contribution >= 4 is 5.82 Å². The summed E-state index contributed by atoms with van der Waals surface area (Å²) in [5, 5.41) is 13.9. The second-order valence-corrected chi connectivity index (χ2v) is 7.22. The van der Waals surface area contributed by atoms with Gasteiger partial charge in [0.05, 0.1) is 17.2 Å². The van der Waals surface area contributed by atoms with E-state index in [0.717, 1.165) is 24.3 Å². The van der Waals surface area contributed by atoms with E-state index in [0.29, 0.717) is 41.2 Å². The molecule has 3 rings (SSSR count). The first-order chi connectivity index (χ1) is 14.5. The van der Waals surface area contributed by atoms with Gasteiger partial charge in [-0.1, -0.05) is 0 Å². The maximum Gasteiger partial charge on any atom is 0.219 e. The number of nitrogens with two attached hydrogens (primary N) is 1. The van der Waals surface area contributed by atoms with E-state index in [1.807, 2.05) is 13.1 Å². The predicted octanol–water partition coefficient (Wildman–Crippen LogP) is 3.28. The van der Waals surface area contributed by atoms with Crippen molar-refractivity contribution in [3.05, 3.63) is 47.8 Å². The van der Waals surface area contributed by atoms with Crippen LogP contribution in [-0.4, -0.2) is 38.9 Å². The van der Waals surface area contributed by atoms with Crippen LogP contribution in [0.25, 0.3) is 11.4 Å². The van der Waals surface area contributed by atoms with Crippen LogP contribution in [0, 0.1) is 11.3 Å². The largest absolute Gasteiger partial charge is 0.438 e. The molecule has 0 spiro atoms. The normalized spacial score (nSPS) is 10.8. The summed E-state index contributed by atoms with van der Waals surface area (Å²) < 4.78 is 7.88. The van der Waals surface area contributed by atoms with Crippen molar-refractivity contribution in [2.75, 3.05) is 18.0 Å². The first-order valence-corrected chi connectivity index (χ1v) is 10.0. The highest BCUT2D eigenvalue weighted by Crippen LogP contribution is 2.34. The molecule has 2 N–H and O–H groups in total. The number of hydrogen-bond donors (Lipinski definition) is 1. The van der Waals surface area contributed by atoms with Gasteiger partial charge in [0, 0.05) is 38.1 Å². The van der Waals surface area contributed by atoms with Crippen molar-refractivity contribution in [1.29, 1.82) is 5.26 Å². The minimum absolute atomic E-state index is 0.315. The van der Waals surface area contributed by atoms with Crippen molar-refractivity contribution in [2.45, 2.75) is 33.2 Å². The zero-order valence-electron chi connectivity index (χ0n) is 17.8. The van der Waals surface area contributed by atoms with Crippen LogP contribution in [0.15, 0.2) is 36.7 Å². The minimum atomic E-state index is 0.315. The molecule has 0 aliphatic heterocycles. The molecule has 0 unspecified atom stereocenters. The molecule has 8 nitrogen and oxygen atoms in total. The van der Waals surface area contributed by atoms with Crippen molar-refractivity contribution in [3.63, 3.8) is 0 Å². The SMILES string of the molecule is CCN(c1cc(Oc2cc(C#N)ccc2-c2ncc(CCN)cn2)n(C)n1)C(C)C. The van der Waals surface area contributed by atoms with Gasteiger partial charge in [0.25, 0.3) is 0 Å². The van der Waals surface area contributed by atoms with Crippen LogP contribution in [0.5, 0.6) is 11.6 Å². The summed E-state index contributed by atoms with van der Waals surface area (Å²) >= 11 is 0. The van der Waals surface area contributed by atoms with Gasteiger partial charge in [-0.05, 0) is 57.5 Å². The summed E-state index contributed by atoms with van der Waals surface area (Å²) in [4.78, 5) is 11.1. The summed E-state index contributed by atoms with van der Waals surface area (Å²) in [5.74, 6) is 2.43. The Hall–Kier alpha value is -3.44. The highest BCUT2D eigenvalue weighted by atomic mass is 16.5. The highest BCUT2D eigenvalue weighted by Gasteiger charge is 2.18. The van der Waals surface area contributed by atoms with Gasteiger partial charge < -0.3 is 15.4 Å². The molecule has 8 heteroatoms. The van der Waals surface area contributed by atoms with Gasteiger partial charge in [-0.25, -0.2) is 14.6 Å². The average molecular weight is 406 g/mol. The number of aromatic nitrogens is 4. The number of nitriles is 1. The lowest BCUT2D eigenvalue weighted by molar-refractivity contribution is 0.431. The lowest BCUT2D eigenvalue weighted by Crippen LogP contribution is -2.30. The first-order valence-electron chi connectivity index (χ1n) is 10.0. The smallest absolute Gasteiger partial charge is 0.219 e. The Bertz CT molecular complexity index is 1030. The third kappa shape index (κ3) is 4.58. The van der Waals surface area contributed by atoms with Gasteiger partial charge >= 0.3 is 0 Å². The molecule has 0 fully saturated rings. The molecule has 0 bridgehead atoms. The molecule has 0 saturated carbocycles. The Morgan fingerprint density at radius 1 is 1.23 bits per heavy atom. The highest BCUT2D eigenvalue weighted by molar-refractivity contribution is 5.66. The maximum atomic E-state index is 9.34. The van der Waals surface area contributed by atoms with E-state index in [9.17, 15) is 5.26 Å². The van der Waals surface area contributed by atoms with E-state index in [4.69, 9.17) is 10.5 Å². The van der Waals surface area contributed by atoms with E-state index in [2.05, 4.69) is 46.8 Å². The van der Waals surface area contributed by atoms with Crippen molar-refractivity contribution < 1.29 is 4.74 Å². The van der Waals surface area contributed by atoms with E-state index in [-0.39, 0.29) is 0 Å². The van der Waals surface area contributed by atoms with Crippen molar-refractivity contribution in [2.24, 2.45) is 12.8 Å². The van der Waals surface area contributed by atoms with Crippen LogP contribution < -0.4 is 15.4 Å². The van der Waals surface area contributed by atoms with Gasteiger partial charge in [-0.2, -0.15) is 10.4 Å². The fourth-order valence-electron chi connectivity index (χ4n) is 3.23. The molecule has 3 aromatic rings. The van der Waals surface area contributed by atoms with Crippen LogP contribution in [0.4, 0.5) is 5.82 Å². The van der Waals surface area contributed by atoms with E-state index in [1.54, 1.807) is 35.3 Å². The molecule has 0 radical (unpaired) electrons. The number of anilines is 1. The number of hydrogen-bond acceptors (Lipinski definition) is 7. The molecule has 2 aromatic heterocycles. The van der Waals surface area contributed by atoms with Crippen LogP contribution in [-0.2, 0) is 13.5 Å². The van der Waals surface area contributed by atoms with Crippen molar-refractivity contribution in [3.8, 4) is 29.1 Å². The third-order valence-electron chi connectivity index (χ3n) is 4.79. The predicted molar refractivity (Wildman–Crippen MR) is 116 cm³/mol. The monoisotopic (exact) mass is 405 g/mol. The fraction of sp³-hybridized carbons (Fsp3) is 0.364. The Kier molecular flexibility index (Phi) is 6.65. The lowest BCUT2D eigenvalue weighted by atomic mass is 10.1. The van der Waals surface area contributed by atoms with E-state index in [1.165, 1.54) is 0 Å². The molecule has 0 saturated heterocycles. The van der Waals surface area contributed by atoms with Crippen LogP contribution in [0.3, 0.4) is 0 Å². The number of rotatable bonds is 8. The van der Waals surface area contributed by atoms with Gasteiger partial charge in [-0.15, -0.1) is 0 Å². The molecule has 2 heterocycles. The molecule has 30 heavy (non-hydrogen) atoms. The second-order valence-electron chi connectivity index (χ2n) is 7.22. The summed E-state index contributed by atoms with van der Waals surface area (Å²) in [5.41, 5.74) is 7.77. The van der Waals surface area contributed by atoms with Crippen LogP contribution in [0.2, 0.25) is 0 Å². The summed E-state index contributed by atoms with van der Waals surface area (Å²) in [7, 11) is 1.83. The molecule has 0 aliphatic carbocycles. The molecular weight excluding hydrogens is 378 g/mol. The molecule has 1 aromatic carbocycles. The summed E-state index contributed by atoms with van der Waals surface area (Å²) in [6.45, 7) is 7.72. The number of benzene rings is 1. The molecule has 0 aliphatic rings. The Morgan fingerprint density at radius 3 is 2.57 bits per heavy atom. The van der Waals surface area contributed by atoms with Gasteiger partial charge in [0.1, 0.15) is 5.75 Å². The number of ether oxygens (including phenoxy) is 1. The summed E-state index contributed by atoms with van der Waals surface area (Å²) in [6.07, 6.45) is 4.25. The lowest BCUT2D eigenvalue weighted by Gasteiger charge is -2.24. The molecular formula is C22H27N7O. The zero-order chi connectivity index (χ0) is 21.7. The maximum absolute atomic E-state index is 9.34. The first kappa shape index (κ1) is 21.3. The Labute approximate surface area is 176 Å². The van der Waals surface area contributed by atoms with Crippen LogP contribution in [0.1, 0.15) is 31.9 Å². The van der Waals surface area contributed by atoms with Gasteiger partial charge in [0.15, 0.2) is 11.6 Å². The third-order valence-corrected chi connectivity index (χ3v) is 4.79. The average Bonchev–Trinajstić information content (AvgIpc) is 3.09. The van der Waals surface area contributed by atoms with Gasteiger partial charge in [0.2, 0.25) is 5.88 Å². The minimum Gasteiger partial charge on any atom is -0.438 e. The summed E-state index contributed by atoms with van der Waals surface area (Å²) in [6, 6.07) is 9.59. The van der Waals surface area contributed by atoms with E-state index < -0.39 is 0 Å². The topological polar surface area (TPSA) is 106 Å². The number of aryl methyl sites for hydroxylation is 1. The second kappa shape index (κ2) is 9.37. The number of nitrogens with zero attached hydrogens (tertiary/aromatic N) is 6. The van der Waals surface area contributed by atoms with E-state index >= 15 is 0 Å².